The van der Waals surface area contributed by atoms with Crippen LogP contribution in [0.3, 0.4) is 0 Å². The molecule has 0 bridgehead atoms. The fourth-order valence-electron chi connectivity index (χ4n) is 1.51. The van der Waals surface area contributed by atoms with E-state index >= 15 is 0 Å². The van der Waals surface area contributed by atoms with Gasteiger partial charge in [-0.1, -0.05) is 12.1 Å². The molecule has 0 amide bonds. The number of phenols is 1. The van der Waals surface area contributed by atoms with Crippen molar-refractivity contribution in [3.05, 3.63) is 36.2 Å². The molecule has 0 radical (unpaired) electrons. The molecule has 0 aliphatic carbocycles. The van der Waals surface area contributed by atoms with E-state index in [9.17, 15) is 5.11 Å². The Morgan fingerprint density at radius 2 is 2.00 bits per heavy atom. The van der Waals surface area contributed by atoms with Crippen molar-refractivity contribution in [3.63, 3.8) is 0 Å². The first-order valence-electron chi connectivity index (χ1n) is 4.76. The van der Waals surface area contributed by atoms with Crippen LogP contribution in [0.4, 0.5) is 0 Å². The quantitative estimate of drug-likeness (QED) is 0.696. The number of aromatic amines is 1. The summed E-state index contributed by atoms with van der Waals surface area (Å²) in [7, 11) is 0. The second-order valence-corrected chi connectivity index (χ2v) is 3.53. The summed E-state index contributed by atoms with van der Waals surface area (Å²) in [5, 5.41) is 16.0. The van der Waals surface area contributed by atoms with Crippen LogP contribution < -0.4 is 5.73 Å². The lowest BCUT2D eigenvalue weighted by molar-refractivity contribution is 0.475. The van der Waals surface area contributed by atoms with E-state index in [2.05, 4.69) is 10.2 Å². The molecule has 0 aliphatic rings. The zero-order chi connectivity index (χ0) is 10.8. The number of nitrogens with zero attached hydrogens (tertiary/aromatic N) is 1. The number of aromatic nitrogens is 2. The van der Waals surface area contributed by atoms with Gasteiger partial charge in [0.15, 0.2) is 0 Å². The molecule has 1 aromatic carbocycles. The molecule has 4 heteroatoms. The standard InChI is InChI=1S/C11H13N3O/c1-7(12)11-10(6-13-14-11)8-2-4-9(15)5-3-8/h2-7,15H,12H2,1H3,(H,13,14). The fraction of sp³-hybridized carbons (Fsp3) is 0.182. The second-order valence-electron chi connectivity index (χ2n) is 3.53. The Labute approximate surface area is 87.7 Å². The minimum absolute atomic E-state index is 0.0868. The summed E-state index contributed by atoms with van der Waals surface area (Å²) in [4.78, 5) is 0. The lowest BCUT2D eigenvalue weighted by Crippen LogP contribution is -2.06. The Morgan fingerprint density at radius 1 is 1.33 bits per heavy atom. The van der Waals surface area contributed by atoms with Gasteiger partial charge in [0.2, 0.25) is 0 Å². The normalized spacial score (nSPS) is 12.7. The highest BCUT2D eigenvalue weighted by Crippen LogP contribution is 2.26. The van der Waals surface area contributed by atoms with Crippen LogP contribution in [0.25, 0.3) is 11.1 Å². The molecule has 0 aliphatic heterocycles. The largest absolute Gasteiger partial charge is 0.508 e. The number of nitrogens with one attached hydrogen (secondary N) is 1. The van der Waals surface area contributed by atoms with Crippen molar-refractivity contribution in [1.82, 2.24) is 10.2 Å². The number of hydrogen-bond acceptors (Lipinski definition) is 3. The van der Waals surface area contributed by atoms with Crippen LogP contribution >= 0.6 is 0 Å². The maximum atomic E-state index is 9.18. The van der Waals surface area contributed by atoms with Crippen molar-refractivity contribution < 1.29 is 5.11 Å². The summed E-state index contributed by atoms with van der Waals surface area (Å²) in [6, 6.07) is 6.88. The Bertz CT molecular complexity index is 445. The van der Waals surface area contributed by atoms with Gasteiger partial charge in [-0.3, -0.25) is 5.10 Å². The van der Waals surface area contributed by atoms with Gasteiger partial charge in [-0.15, -0.1) is 0 Å². The summed E-state index contributed by atoms with van der Waals surface area (Å²) >= 11 is 0. The molecule has 4 N–H and O–H groups in total. The highest BCUT2D eigenvalue weighted by Gasteiger charge is 2.10. The minimum atomic E-state index is -0.0868. The van der Waals surface area contributed by atoms with E-state index in [0.717, 1.165) is 16.8 Å². The van der Waals surface area contributed by atoms with Gasteiger partial charge in [0.05, 0.1) is 11.9 Å². The second kappa shape index (κ2) is 3.74. The molecule has 1 heterocycles. The van der Waals surface area contributed by atoms with Gasteiger partial charge in [-0.05, 0) is 24.6 Å². The van der Waals surface area contributed by atoms with Crippen molar-refractivity contribution in [2.24, 2.45) is 5.73 Å². The van der Waals surface area contributed by atoms with Crippen LogP contribution in [0.5, 0.6) is 5.75 Å². The third-order valence-corrected chi connectivity index (χ3v) is 2.30. The Hall–Kier alpha value is -1.81. The van der Waals surface area contributed by atoms with Crippen LogP contribution in [-0.2, 0) is 0 Å². The number of H-pyrrole nitrogens is 1. The van der Waals surface area contributed by atoms with Gasteiger partial charge in [-0.25, -0.2) is 0 Å². The van der Waals surface area contributed by atoms with Crippen molar-refractivity contribution in [2.45, 2.75) is 13.0 Å². The number of rotatable bonds is 2. The Morgan fingerprint density at radius 3 is 2.60 bits per heavy atom. The summed E-state index contributed by atoms with van der Waals surface area (Å²) < 4.78 is 0. The molecule has 1 unspecified atom stereocenters. The van der Waals surface area contributed by atoms with Gasteiger partial charge in [0.25, 0.3) is 0 Å². The number of nitrogens with two attached hydrogens (primary N) is 1. The van der Waals surface area contributed by atoms with Gasteiger partial charge in [0.1, 0.15) is 5.75 Å². The highest BCUT2D eigenvalue weighted by atomic mass is 16.3. The smallest absolute Gasteiger partial charge is 0.115 e. The van der Waals surface area contributed by atoms with Gasteiger partial charge < -0.3 is 10.8 Å². The number of hydrogen-bond donors (Lipinski definition) is 3. The highest BCUT2D eigenvalue weighted by molar-refractivity contribution is 5.66. The van der Waals surface area contributed by atoms with Crippen molar-refractivity contribution in [3.8, 4) is 16.9 Å². The molecule has 0 spiro atoms. The first kappa shape index (κ1) is 9.73. The summed E-state index contributed by atoms with van der Waals surface area (Å²) in [5.74, 6) is 0.254. The minimum Gasteiger partial charge on any atom is -0.508 e. The van der Waals surface area contributed by atoms with Crippen LogP contribution in [-0.4, -0.2) is 15.3 Å². The van der Waals surface area contributed by atoms with Crippen molar-refractivity contribution >= 4 is 0 Å². The van der Waals surface area contributed by atoms with E-state index in [0.29, 0.717) is 0 Å². The molecule has 78 valence electrons. The van der Waals surface area contributed by atoms with Crippen molar-refractivity contribution in [2.75, 3.05) is 0 Å². The van der Waals surface area contributed by atoms with Crippen LogP contribution in [0.1, 0.15) is 18.7 Å². The zero-order valence-corrected chi connectivity index (χ0v) is 8.44. The van der Waals surface area contributed by atoms with Crippen LogP contribution in [0, 0.1) is 0 Å². The molecule has 0 fully saturated rings. The fourth-order valence-corrected chi connectivity index (χ4v) is 1.51. The predicted molar refractivity (Wildman–Crippen MR) is 58.3 cm³/mol. The lowest BCUT2D eigenvalue weighted by atomic mass is 10.0. The molecule has 2 aromatic rings. The molecule has 4 nitrogen and oxygen atoms in total. The molecule has 2 rings (SSSR count). The monoisotopic (exact) mass is 203 g/mol. The molecule has 1 atom stereocenters. The molecule has 0 saturated carbocycles. The molecule has 15 heavy (non-hydrogen) atoms. The van der Waals surface area contributed by atoms with Gasteiger partial charge in [-0.2, -0.15) is 5.10 Å². The Kier molecular flexibility index (Phi) is 2.43. The zero-order valence-electron chi connectivity index (χ0n) is 8.44. The third kappa shape index (κ3) is 1.85. The number of aromatic hydroxyl groups is 1. The maximum Gasteiger partial charge on any atom is 0.115 e. The third-order valence-electron chi connectivity index (χ3n) is 2.30. The average Bonchev–Trinajstić information content (AvgIpc) is 2.67. The molecular weight excluding hydrogens is 190 g/mol. The average molecular weight is 203 g/mol. The summed E-state index contributed by atoms with van der Waals surface area (Å²) in [6.45, 7) is 1.90. The van der Waals surface area contributed by atoms with E-state index in [1.165, 1.54) is 0 Å². The number of phenolic OH excluding ortho intramolecular Hbond substituents is 1. The number of benzene rings is 1. The van der Waals surface area contributed by atoms with Crippen molar-refractivity contribution in [1.29, 1.82) is 0 Å². The van der Waals surface area contributed by atoms with E-state index in [1.807, 2.05) is 19.1 Å². The van der Waals surface area contributed by atoms with Crippen LogP contribution in [0.15, 0.2) is 30.5 Å². The van der Waals surface area contributed by atoms with Gasteiger partial charge in [0, 0.05) is 11.6 Å². The first-order chi connectivity index (χ1) is 7.18. The van der Waals surface area contributed by atoms with E-state index < -0.39 is 0 Å². The topological polar surface area (TPSA) is 74.9 Å². The van der Waals surface area contributed by atoms with Crippen LogP contribution in [0.2, 0.25) is 0 Å². The Balaban J connectivity index is 2.45. The van der Waals surface area contributed by atoms with E-state index in [-0.39, 0.29) is 11.8 Å². The first-order valence-corrected chi connectivity index (χ1v) is 4.76. The lowest BCUT2D eigenvalue weighted by Gasteiger charge is -2.06. The summed E-state index contributed by atoms with van der Waals surface area (Å²) in [6.07, 6.45) is 1.74. The van der Waals surface area contributed by atoms with E-state index in [1.54, 1.807) is 18.3 Å². The maximum absolute atomic E-state index is 9.18. The van der Waals surface area contributed by atoms with Gasteiger partial charge >= 0.3 is 0 Å². The molecule has 0 saturated heterocycles. The molecule has 1 aromatic heterocycles. The van der Waals surface area contributed by atoms with E-state index in [4.69, 9.17) is 5.73 Å². The summed E-state index contributed by atoms with van der Waals surface area (Å²) in [5.41, 5.74) is 8.68. The molecular formula is C11H13N3O. The predicted octanol–water partition coefficient (Wildman–Crippen LogP) is 1.80. The SMILES string of the molecule is CC(N)c1[nH]ncc1-c1ccc(O)cc1.